The first-order valence-corrected chi connectivity index (χ1v) is 12.2. The van der Waals surface area contributed by atoms with Gasteiger partial charge in [0, 0.05) is 34.8 Å². The van der Waals surface area contributed by atoms with Crippen molar-refractivity contribution >= 4 is 17.5 Å². The molecule has 1 aliphatic carbocycles. The van der Waals surface area contributed by atoms with Gasteiger partial charge in [0.05, 0.1) is 23.8 Å². The molecule has 4 rings (SSSR count). The lowest BCUT2D eigenvalue weighted by Crippen LogP contribution is -2.42. The van der Waals surface area contributed by atoms with Crippen LogP contribution in [-0.4, -0.2) is 22.0 Å². The van der Waals surface area contributed by atoms with E-state index in [0.717, 1.165) is 12.1 Å². The van der Waals surface area contributed by atoms with E-state index in [-0.39, 0.29) is 42.0 Å². The minimum atomic E-state index is -4.90. The largest absolute Gasteiger partial charge is 0.417 e. The number of aromatic amines is 1. The van der Waals surface area contributed by atoms with E-state index in [1.807, 2.05) is 0 Å². The van der Waals surface area contributed by atoms with Crippen molar-refractivity contribution in [3.63, 3.8) is 0 Å². The fourth-order valence-corrected chi connectivity index (χ4v) is 4.34. The van der Waals surface area contributed by atoms with E-state index in [1.165, 1.54) is 18.2 Å². The molecule has 0 atom stereocenters. The van der Waals surface area contributed by atoms with Crippen LogP contribution in [0.15, 0.2) is 41.2 Å². The molecular formula is C26H23ClF5N3O3. The van der Waals surface area contributed by atoms with E-state index in [9.17, 15) is 27.2 Å². The van der Waals surface area contributed by atoms with Gasteiger partial charge < -0.3 is 15.0 Å². The lowest BCUT2D eigenvalue weighted by atomic mass is 9.81. The molecule has 38 heavy (non-hydrogen) atoms. The molecule has 0 radical (unpaired) electrons. The first kappa shape index (κ1) is 27.7. The second-order valence-electron chi connectivity index (χ2n) is 8.95. The lowest BCUT2D eigenvalue weighted by Gasteiger charge is -2.34. The number of carbonyl (C=O) groups excluding carboxylic acids is 1. The molecule has 1 heterocycles. The van der Waals surface area contributed by atoms with Gasteiger partial charge in [-0.1, -0.05) is 30.7 Å². The third-order valence-electron chi connectivity index (χ3n) is 6.33. The molecule has 202 valence electrons. The number of ether oxygens (including phenoxy) is 1. The Kier molecular flexibility index (Phi) is 8.17. The van der Waals surface area contributed by atoms with Crippen LogP contribution in [0, 0.1) is 17.6 Å². The van der Waals surface area contributed by atoms with E-state index in [2.05, 4.69) is 15.3 Å². The third-order valence-corrected chi connectivity index (χ3v) is 6.68. The summed E-state index contributed by atoms with van der Waals surface area (Å²) in [5.74, 6) is -3.05. The highest BCUT2D eigenvalue weighted by Gasteiger charge is 2.38. The first-order valence-electron chi connectivity index (χ1n) is 11.8. The van der Waals surface area contributed by atoms with Gasteiger partial charge in [-0.3, -0.25) is 9.59 Å². The Morgan fingerprint density at radius 2 is 1.87 bits per heavy atom. The SMILES string of the molecule is CCc1cc(=O)[nH]c(-c2c(C(F)(F)F)ccc(CNC(=O)[C@H]3C[C@H](OCc4ccc(F)cc4Cl)C3)c2F)n1. The number of rotatable bonds is 8. The molecule has 1 amide bonds. The molecule has 1 saturated carbocycles. The second kappa shape index (κ2) is 11.2. The standard InChI is InChI=1S/C26H23ClF5N3O3/c1-2-17-10-21(36)35-24(34-17)22-19(26(30,31)32)6-4-13(23(22)29)11-33-25(37)15-7-18(8-15)38-12-14-3-5-16(28)9-20(14)27/h3-6,9-10,15,18H,2,7-8,11-12H2,1H3,(H,33,37)(H,34,35,36)/t15-,18-. The van der Waals surface area contributed by atoms with Gasteiger partial charge >= 0.3 is 6.18 Å². The molecule has 3 aromatic rings. The molecule has 2 N–H and O–H groups in total. The van der Waals surface area contributed by atoms with Crippen LogP contribution in [0.1, 0.15) is 42.1 Å². The zero-order chi connectivity index (χ0) is 27.6. The number of nitrogens with zero attached hydrogens (tertiary/aromatic N) is 1. The molecule has 0 spiro atoms. The van der Waals surface area contributed by atoms with Crippen LogP contribution in [0.5, 0.6) is 0 Å². The molecule has 6 nitrogen and oxygen atoms in total. The van der Waals surface area contributed by atoms with Crippen molar-refractivity contribution in [2.75, 3.05) is 0 Å². The van der Waals surface area contributed by atoms with E-state index < -0.39 is 52.1 Å². The van der Waals surface area contributed by atoms with Gasteiger partial charge in [0.2, 0.25) is 5.91 Å². The summed E-state index contributed by atoms with van der Waals surface area (Å²) in [5.41, 5.74) is -2.26. The number of alkyl halides is 3. The number of aryl methyl sites for hydroxylation is 1. The number of aromatic nitrogens is 2. The number of halogens is 6. The van der Waals surface area contributed by atoms with E-state index in [0.29, 0.717) is 24.5 Å². The normalized spacial score (nSPS) is 17.2. The zero-order valence-corrected chi connectivity index (χ0v) is 20.9. The summed E-state index contributed by atoms with van der Waals surface area (Å²) in [5, 5.41) is 2.78. The van der Waals surface area contributed by atoms with Crippen molar-refractivity contribution in [2.24, 2.45) is 5.92 Å². The smallest absolute Gasteiger partial charge is 0.373 e. The van der Waals surface area contributed by atoms with Crippen LogP contribution >= 0.6 is 11.6 Å². The second-order valence-corrected chi connectivity index (χ2v) is 9.36. The Morgan fingerprint density at radius 3 is 2.53 bits per heavy atom. The Balaban J connectivity index is 1.42. The number of H-pyrrole nitrogens is 1. The number of amides is 1. The summed E-state index contributed by atoms with van der Waals surface area (Å²) in [6, 6.07) is 6.73. The fourth-order valence-electron chi connectivity index (χ4n) is 4.12. The van der Waals surface area contributed by atoms with E-state index in [1.54, 1.807) is 6.92 Å². The zero-order valence-electron chi connectivity index (χ0n) is 20.1. The van der Waals surface area contributed by atoms with E-state index >= 15 is 4.39 Å². The Bertz CT molecular complexity index is 1400. The third kappa shape index (κ3) is 6.21. The molecule has 0 saturated heterocycles. The summed E-state index contributed by atoms with van der Waals surface area (Å²) < 4.78 is 75.2. The van der Waals surface area contributed by atoms with E-state index in [4.69, 9.17) is 16.3 Å². The van der Waals surface area contributed by atoms with Crippen molar-refractivity contribution in [2.45, 2.75) is 51.6 Å². The number of benzene rings is 2. The summed E-state index contributed by atoms with van der Waals surface area (Å²) in [4.78, 5) is 30.6. The average Bonchev–Trinajstić information content (AvgIpc) is 2.82. The molecule has 0 aliphatic heterocycles. The minimum absolute atomic E-state index is 0.146. The summed E-state index contributed by atoms with van der Waals surface area (Å²) in [7, 11) is 0. The summed E-state index contributed by atoms with van der Waals surface area (Å²) in [6.45, 7) is 1.44. The van der Waals surface area contributed by atoms with Crippen LogP contribution in [0.3, 0.4) is 0 Å². The predicted octanol–water partition coefficient (Wildman–Crippen LogP) is 5.56. The highest BCUT2D eigenvalue weighted by Crippen LogP contribution is 2.38. The van der Waals surface area contributed by atoms with Gasteiger partial charge in [0.25, 0.3) is 5.56 Å². The molecule has 1 aromatic heterocycles. The van der Waals surface area contributed by atoms with Crippen LogP contribution in [0.25, 0.3) is 11.4 Å². The fraction of sp³-hybridized carbons (Fsp3) is 0.346. The maximum Gasteiger partial charge on any atom is 0.417 e. The van der Waals surface area contributed by atoms with Gasteiger partial charge in [-0.15, -0.1) is 0 Å². The Hall–Kier alpha value is -3.31. The number of carbonyl (C=O) groups is 1. The molecule has 0 unspecified atom stereocenters. The number of hydrogen-bond acceptors (Lipinski definition) is 4. The topological polar surface area (TPSA) is 84.1 Å². The quantitative estimate of drug-likeness (QED) is 0.356. The van der Waals surface area contributed by atoms with Crippen molar-refractivity contribution < 1.29 is 31.5 Å². The van der Waals surface area contributed by atoms with Crippen LogP contribution < -0.4 is 10.9 Å². The maximum atomic E-state index is 15.4. The van der Waals surface area contributed by atoms with Crippen molar-refractivity contribution in [3.8, 4) is 11.4 Å². The van der Waals surface area contributed by atoms with Crippen LogP contribution in [0.4, 0.5) is 22.0 Å². The van der Waals surface area contributed by atoms with Gasteiger partial charge in [0.15, 0.2) is 0 Å². The van der Waals surface area contributed by atoms with Gasteiger partial charge in [-0.05, 0) is 43.0 Å². The molecule has 1 aliphatic rings. The predicted molar refractivity (Wildman–Crippen MR) is 129 cm³/mol. The van der Waals surface area contributed by atoms with Gasteiger partial charge in [-0.25, -0.2) is 13.8 Å². The maximum absolute atomic E-state index is 15.4. The molecule has 1 fully saturated rings. The molecule has 0 bridgehead atoms. The van der Waals surface area contributed by atoms with Crippen molar-refractivity contribution in [1.82, 2.24) is 15.3 Å². The number of hydrogen-bond donors (Lipinski definition) is 2. The lowest BCUT2D eigenvalue weighted by molar-refractivity contribution is -0.137. The summed E-state index contributed by atoms with van der Waals surface area (Å²) in [6.07, 6.45) is -4.09. The minimum Gasteiger partial charge on any atom is -0.373 e. The molecular weight excluding hydrogens is 533 g/mol. The monoisotopic (exact) mass is 555 g/mol. The molecule has 12 heteroatoms. The van der Waals surface area contributed by atoms with Gasteiger partial charge in [-0.2, -0.15) is 13.2 Å². The Labute approximate surface area is 219 Å². The van der Waals surface area contributed by atoms with Crippen molar-refractivity contribution in [1.29, 1.82) is 0 Å². The summed E-state index contributed by atoms with van der Waals surface area (Å²) >= 11 is 5.97. The Morgan fingerprint density at radius 1 is 1.16 bits per heavy atom. The number of nitrogens with one attached hydrogen (secondary N) is 2. The average molecular weight is 556 g/mol. The molecule has 2 aromatic carbocycles. The highest BCUT2D eigenvalue weighted by molar-refractivity contribution is 6.31. The first-order chi connectivity index (χ1) is 18.0. The van der Waals surface area contributed by atoms with Gasteiger partial charge in [0.1, 0.15) is 17.5 Å². The van der Waals surface area contributed by atoms with Crippen LogP contribution in [0.2, 0.25) is 5.02 Å². The highest BCUT2D eigenvalue weighted by atomic mass is 35.5. The van der Waals surface area contributed by atoms with Crippen LogP contribution in [-0.2, 0) is 35.3 Å². The van der Waals surface area contributed by atoms with Crippen molar-refractivity contribution in [3.05, 3.63) is 85.8 Å².